The van der Waals surface area contributed by atoms with Crippen LogP contribution < -0.4 is 15.2 Å². The third-order valence-corrected chi connectivity index (χ3v) is 2.06. The van der Waals surface area contributed by atoms with E-state index < -0.39 is 0 Å². The fourth-order valence-corrected chi connectivity index (χ4v) is 1.19. The van der Waals surface area contributed by atoms with Gasteiger partial charge in [0.05, 0.1) is 7.11 Å². The maximum atomic E-state index is 7.31. The van der Waals surface area contributed by atoms with Gasteiger partial charge in [-0.05, 0) is 30.7 Å². The van der Waals surface area contributed by atoms with E-state index in [-0.39, 0.29) is 11.9 Å². The Bertz CT molecular complexity index is 322. The van der Waals surface area contributed by atoms with E-state index in [4.69, 9.17) is 20.6 Å². The molecule has 0 aliphatic heterocycles. The van der Waals surface area contributed by atoms with Gasteiger partial charge in [-0.2, -0.15) is 0 Å². The van der Waals surface area contributed by atoms with Gasteiger partial charge in [-0.15, -0.1) is 0 Å². The van der Waals surface area contributed by atoms with Crippen molar-refractivity contribution in [3.8, 4) is 11.5 Å². The molecule has 82 valence electrons. The van der Waals surface area contributed by atoms with Crippen molar-refractivity contribution in [2.45, 2.75) is 19.4 Å². The van der Waals surface area contributed by atoms with Gasteiger partial charge in [0.2, 0.25) is 0 Å². The van der Waals surface area contributed by atoms with Crippen molar-refractivity contribution in [2.24, 2.45) is 5.73 Å². The van der Waals surface area contributed by atoms with E-state index in [2.05, 4.69) is 0 Å². The number of methoxy groups -OCH3 is 1. The van der Waals surface area contributed by atoms with Crippen LogP contribution in [0.15, 0.2) is 24.3 Å². The number of ether oxygens (including phenoxy) is 2. The fraction of sp³-hybridized carbons (Fsp3) is 0.364. The minimum atomic E-state index is -0.349. The summed E-state index contributed by atoms with van der Waals surface area (Å²) in [5, 5.41) is 7.31. The average Bonchev–Trinajstić information content (AvgIpc) is 2.26. The summed E-state index contributed by atoms with van der Waals surface area (Å²) in [6, 6.07) is 7.21. The molecule has 0 aliphatic carbocycles. The molecule has 0 heterocycles. The molecule has 1 rings (SSSR count). The van der Waals surface area contributed by atoms with Crippen LogP contribution >= 0.6 is 0 Å². The summed E-state index contributed by atoms with van der Waals surface area (Å²) >= 11 is 0. The van der Waals surface area contributed by atoms with Crippen LogP contribution in [-0.2, 0) is 0 Å². The second kappa shape index (κ2) is 5.24. The topological polar surface area (TPSA) is 68.3 Å². The average molecular weight is 208 g/mol. The Morgan fingerprint density at radius 2 is 1.87 bits per heavy atom. The Balaban J connectivity index is 2.67. The van der Waals surface area contributed by atoms with Crippen LogP contribution in [0, 0.1) is 5.41 Å². The van der Waals surface area contributed by atoms with Gasteiger partial charge in [0.1, 0.15) is 17.3 Å². The zero-order valence-corrected chi connectivity index (χ0v) is 8.99. The summed E-state index contributed by atoms with van der Waals surface area (Å²) in [6.07, 6.45) is 0.333. The number of hydrogen-bond acceptors (Lipinski definition) is 3. The Kier molecular flexibility index (Phi) is 3.97. The van der Waals surface area contributed by atoms with Crippen molar-refractivity contribution < 1.29 is 9.47 Å². The van der Waals surface area contributed by atoms with Crippen molar-refractivity contribution in [1.29, 1.82) is 5.41 Å². The highest BCUT2D eigenvalue weighted by Crippen LogP contribution is 2.18. The van der Waals surface area contributed by atoms with Gasteiger partial charge in [-0.25, -0.2) is 0 Å². The van der Waals surface area contributed by atoms with E-state index >= 15 is 0 Å². The SMILES string of the molecule is CC[C@H](Oc1ccc(OC)cc1)C(=N)N. The standard InChI is InChI=1S/C11H16N2O2/c1-3-10(11(12)13)15-9-6-4-8(14-2)5-7-9/h4-7,10H,3H2,1-2H3,(H3,12,13)/t10-/m0/s1. The molecular weight excluding hydrogens is 192 g/mol. The Morgan fingerprint density at radius 1 is 1.33 bits per heavy atom. The van der Waals surface area contributed by atoms with E-state index in [1.807, 2.05) is 19.1 Å². The molecule has 0 aliphatic rings. The summed E-state index contributed by atoms with van der Waals surface area (Å²) in [4.78, 5) is 0. The summed E-state index contributed by atoms with van der Waals surface area (Å²) in [5.74, 6) is 1.52. The normalized spacial score (nSPS) is 11.9. The molecule has 4 heteroatoms. The molecule has 4 nitrogen and oxygen atoms in total. The van der Waals surface area contributed by atoms with Crippen LogP contribution in [0.1, 0.15) is 13.3 Å². The Labute approximate surface area is 89.5 Å². The van der Waals surface area contributed by atoms with Crippen molar-refractivity contribution >= 4 is 5.84 Å². The fourth-order valence-electron chi connectivity index (χ4n) is 1.19. The Morgan fingerprint density at radius 3 is 2.27 bits per heavy atom. The first kappa shape index (κ1) is 11.4. The molecule has 0 amide bonds. The molecule has 3 N–H and O–H groups in total. The largest absolute Gasteiger partial charge is 0.497 e. The maximum Gasteiger partial charge on any atom is 0.155 e. The highest BCUT2D eigenvalue weighted by atomic mass is 16.5. The van der Waals surface area contributed by atoms with Crippen LogP contribution in [-0.4, -0.2) is 19.0 Å². The maximum absolute atomic E-state index is 7.31. The van der Waals surface area contributed by atoms with Crippen LogP contribution in [0.5, 0.6) is 11.5 Å². The smallest absolute Gasteiger partial charge is 0.155 e. The van der Waals surface area contributed by atoms with E-state index in [1.54, 1.807) is 19.2 Å². The molecule has 15 heavy (non-hydrogen) atoms. The minimum absolute atomic E-state index is 0.0494. The molecule has 0 saturated heterocycles. The predicted molar refractivity (Wildman–Crippen MR) is 59.6 cm³/mol. The third kappa shape index (κ3) is 3.16. The molecule has 0 aromatic heterocycles. The third-order valence-electron chi connectivity index (χ3n) is 2.06. The first-order valence-corrected chi connectivity index (χ1v) is 4.82. The van der Waals surface area contributed by atoms with E-state index in [1.165, 1.54) is 0 Å². The lowest BCUT2D eigenvalue weighted by Crippen LogP contribution is -2.32. The van der Waals surface area contributed by atoms with Gasteiger partial charge < -0.3 is 15.2 Å². The highest BCUT2D eigenvalue weighted by molar-refractivity contribution is 5.81. The van der Waals surface area contributed by atoms with Gasteiger partial charge in [0.15, 0.2) is 6.10 Å². The van der Waals surface area contributed by atoms with Crippen LogP contribution in [0.2, 0.25) is 0 Å². The molecule has 0 spiro atoms. The molecule has 1 atom stereocenters. The summed E-state index contributed by atoms with van der Waals surface area (Å²) in [5.41, 5.74) is 5.38. The van der Waals surface area contributed by atoms with Gasteiger partial charge in [-0.3, -0.25) is 5.41 Å². The van der Waals surface area contributed by atoms with Crippen LogP contribution in [0.4, 0.5) is 0 Å². The molecule has 0 radical (unpaired) electrons. The zero-order valence-electron chi connectivity index (χ0n) is 8.99. The molecule has 1 aromatic rings. The van der Waals surface area contributed by atoms with Crippen LogP contribution in [0.25, 0.3) is 0 Å². The molecular formula is C11H16N2O2. The number of nitrogens with one attached hydrogen (secondary N) is 1. The van der Waals surface area contributed by atoms with Crippen molar-refractivity contribution in [2.75, 3.05) is 7.11 Å². The van der Waals surface area contributed by atoms with Crippen molar-refractivity contribution in [3.63, 3.8) is 0 Å². The number of benzene rings is 1. The number of hydrogen-bond donors (Lipinski definition) is 2. The lowest BCUT2D eigenvalue weighted by atomic mass is 10.2. The first-order chi connectivity index (χ1) is 7.17. The second-order valence-electron chi connectivity index (χ2n) is 3.15. The zero-order chi connectivity index (χ0) is 11.3. The van der Waals surface area contributed by atoms with E-state index in [9.17, 15) is 0 Å². The summed E-state index contributed by atoms with van der Waals surface area (Å²) in [6.45, 7) is 1.93. The van der Waals surface area contributed by atoms with E-state index in [0.717, 1.165) is 5.75 Å². The van der Waals surface area contributed by atoms with Gasteiger partial charge in [0, 0.05) is 0 Å². The molecule has 0 unspecified atom stereocenters. The van der Waals surface area contributed by atoms with Crippen molar-refractivity contribution in [3.05, 3.63) is 24.3 Å². The monoisotopic (exact) mass is 208 g/mol. The van der Waals surface area contributed by atoms with Gasteiger partial charge in [-0.1, -0.05) is 6.92 Å². The molecule has 0 bridgehead atoms. The summed E-state index contributed by atoms with van der Waals surface area (Å²) < 4.78 is 10.5. The lowest BCUT2D eigenvalue weighted by molar-refractivity contribution is 0.260. The van der Waals surface area contributed by atoms with Crippen LogP contribution in [0.3, 0.4) is 0 Å². The Hall–Kier alpha value is -1.71. The number of nitrogens with two attached hydrogens (primary N) is 1. The predicted octanol–water partition coefficient (Wildman–Crippen LogP) is 1.79. The minimum Gasteiger partial charge on any atom is -0.497 e. The second-order valence-corrected chi connectivity index (χ2v) is 3.15. The number of rotatable bonds is 5. The highest BCUT2D eigenvalue weighted by Gasteiger charge is 2.10. The van der Waals surface area contributed by atoms with Crippen molar-refractivity contribution in [1.82, 2.24) is 0 Å². The molecule has 1 aromatic carbocycles. The summed E-state index contributed by atoms with van der Waals surface area (Å²) in [7, 11) is 1.61. The molecule has 0 fully saturated rings. The van der Waals surface area contributed by atoms with Gasteiger partial charge in [0.25, 0.3) is 0 Å². The quantitative estimate of drug-likeness (QED) is 0.572. The van der Waals surface area contributed by atoms with Gasteiger partial charge >= 0.3 is 0 Å². The van der Waals surface area contributed by atoms with E-state index in [0.29, 0.717) is 12.2 Å². The molecule has 0 saturated carbocycles. The first-order valence-electron chi connectivity index (χ1n) is 4.82. The lowest BCUT2D eigenvalue weighted by Gasteiger charge is -2.15. The number of amidine groups is 1.